The molecule has 0 saturated carbocycles. The third kappa shape index (κ3) is 3.32. The molecule has 0 spiro atoms. The molecule has 9 heteroatoms. The van der Waals surface area contributed by atoms with Crippen LogP contribution < -0.4 is 10.3 Å². The zero-order valence-corrected chi connectivity index (χ0v) is 20.4. The average molecular weight is 481 g/mol. The molecule has 8 nitrogen and oxygen atoms in total. The maximum absolute atomic E-state index is 14.1. The molecule has 176 valence electrons. The lowest BCUT2D eigenvalue weighted by molar-refractivity contribution is 0.0669. The lowest BCUT2D eigenvalue weighted by Crippen LogP contribution is -2.40. The number of amides is 1. The monoisotopic (exact) mass is 480 g/mol. The van der Waals surface area contributed by atoms with Crippen molar-refractivity contribution >= 4 is 28.4 Å². The number of nitrogens with zero attached hydrogens (tertiary/aromatic N) is 3. The van der Waals surface area contributed by atoms with Gasteiger partial charge < -0.3 is 23.7 Å². The number of pyridine rings is 1. The van der Waals surface area contributed by atoms with E-state index in [0.29, 0.717) is 51.2 Å². The number of carbonyl (C=O) groups is 1. The first-order chi connectivity index (χ1) is 16.2. The molecule has 1 aromatic carbocycles. The minimum Gasteiger partial charge on any atom is -0.496 e. The van der Waals surface area contributed by atoms with E-state index in [2.05, 4.69) is 10.1 Å². The number of aromatic amines is 1. The van der Waals surface area contributed by atoms with Crippen molar-refractivity contribution in [1.29, 1.82) is 0 Å². The highest BCUT2D eigenvalue weighted by molar-refractivity contribution is 6.38. The third-order valence-corrected chi connectivity index (χ3v) is 6.93. The number of aryl methyl sites for hydroxylation is 3. The van der Waals surface area contributed by atoms with E-state index < -0.39 is 0 Å². The van der Waals surface area contributed by atoms with E-state index in [1.807, 2.05) is 43.7 Å². The number of hydrogen-bond donors (Lipinski definition) is 1. The molecular formula is C25H25ClN4O4. The zero-order valence-electron chi connectivity index (χ0n) is 19.7. The molecule has 1 atom stereocenters. The Hall–Kier alpha value is -3.52. The maximum atomic E-state index is 14.1. The number of aromatic nitrogens is 3. The Morgan fingerprint density at radius 3 is 2.68 bits per heavy atom. The van der Waals surface area contributed by atoms with Crippen molar-refractivity contribution in [3.63, 3.8) is 0 Å². The summed E-state index contributed by atoms with van der Waals surface area (Å²) in [5.41, 5.74) is 4.18. The van der Waals surface area contributed by atoms with Gasteiger partial charge in [-0.05, 0) is 45.9 Å². The fourth-order valence-electron chi connectivity index (χ4n) is 4.89. The Morgan fingerprint density at radius 2 is 2.00 bits per heavy atom. The molecule has 0 bridgehead atoms. The van der Waals surface area contributed by atoms with Crippen LogP contribution in [0, 0.1) is 20.8 Å². The van der Waals surface area contributed by atoms with E-state index in [9.17, 15) is 9.59 Å². The minimum atomic E-state index is -0.276. The molecule has 0 radical (unpaired) electrons. The summed E-state index contributed by atoms with van der Waals surface area (Å²) >= 11 is 6.96. The van der Waals surface area contributed by atoms with Crippen LogP contribution in [0.5, 0.6) is 5.75 Å². The van der Waals surface area contributed by atoms with Crippen LogP contribution in [-0.2, 0) is 13.1 Å². The third-order valence-electron chi connectivity index (χ3n) is 6.54. The summed E-state index contributed by atoms with van der Waals surface area (Å²) in [5.74, 6) is 0.842. The van der Waals surface area contributed by atoms with Crippen molar-refractivity contribution in [1.82, 2.24) is 19.6 Å². The summed E-state index contributed by atoms with van der Waals surface area (Å²) in [6.07, 6.45) is 1.97. The van der Waals surface area contributed by atoms with Gasteiger partial charge in [0.05, 0.1) is 41.0 Å². The van der Waals surface area contributed by atoms with Gasteiger partial charge in [0.25, 0.3) is 11.5 Å². The molecule has 1 N–H and O–H groups in total. The fourth-order valence-corrected chi connectivity index (χ4v) is 5.21. The normalized spacial score (nSPS) is 15.8. The highest BCUT2D eigenvalue weighted by Gasteiger charge is 2.33. The van der Waals surface area contributed by atoms with Gasteiger partial charge in [-0.1, -0.05) is 16.8 Å². The number of ether oxygens (including phenoxy) is 1. The van der Waals surface area contributed by atoms with Crippen LogP contribution in [-0.4, -0.2) is 38.7 Å². The first kappa shape index (κ1) is 22.3. The van der Waals surface area contributed by atoms with Crippen LogP contribution in [0.2, 0.25) is 5.02 Å². The summed E-state index contributed by atoms with van der Waals surface area (Å²) in [5, 5.41) is 5.31. The molecule has 4 heterocycles. The number of nitrogens with one attached hydrogen (secondary N) is 1. The van der Waals surface area contributed by atoms with E-state index >= 15 is 0 Å². The molecule has 1 amide bonds. The van der Waals surface area contributed by atoms with Gasteiger partial charge in [-0.15, -0.1) is 0 Å². The molecule has 4 aromatic rings. The van der Waals surface area contributed by atoms with Gasteiger partial charge in [-0.3, -0.25) is 9.59 Å². The molecule has 1 aliphatic rings. The molecule has 0 saturated heterocycles. The number of H-pyrrole nitrogens is 1. The van der Waals surface area contributed by atoms with Gasteiger partial charge in [0, 0.05) is 41.0 Å². The SMILES string of the molecule is COc1cc(C)[nH]c(=O)c1CN1C(=O)c2c(Cl)c(-c3c(C)noc3C)cc3ccn(c23)CC1C. The lowest BCUT2D eigenvalue weighted by atomic mass is 9.98. The van der Waals surface area contributed by atoms with Gasteiger partial charge in [-0.2, -0.15) is 0 Å². The van der Waals surface area contributed by atoms with E-state index in [1.54, 1.807) is 17.9 Å². The van der Waals surface area contributed by atoms with Crippen molar-refractivity contribution in [2.45, 2.75) is 46.8 Å². The number of benzene rings is 1. The molecule has 3 aromatic heterocycles. The van der Waals surface area contributed by atoms with Gasteiger partial charge in [-0.25, -0.2) is 0 Å². The molecule has 1 unspecified atom stereocenters. The molecular weight excluding hydrogens is 456 g/mol. The highest BCUT2D eigenvalue weighted by atomic mass is 35.5. The number of methoxy groups -OCH3 is 1. The predicted octanol–water partition coefficient (Wildman–Crippen LogP) is 4.62. The predicted molar refractivity (Wildman–Crippen MR) is 130 cm³/mol. The minimum absolute atomic E-state index is 0.0942. The van der Waals surface area contributed by atoms with Gasteiger partial charge in [0.2, 0.25) is 0 Å². The van der Waals surface area contributed by atoms with Crippen LogP contribution >= 0.6 is 11.6 Å². The van der Waals surface area contributed by atoms with E-state index in [0.717, 1.165) is 16.5 Å². The van der Waals surface area contributed by atoms with Crippen LogP contribution in [0.15, 0.2) is 33.7 Å². The summed E-state index contributed by atoms with van der Waals surface area (Å²) < 4.78 is 12.9. The number of halogens is 1. The van der Waals surface area contributed by atoms with Crippen molar-refractivity contribution in [3.8, 4) is 16.9 Å². The standard InChI is InChI=1S/C25H25ClN4O4/c1-12-8-19(33-5)18(24(31)27-12)11-30-13(2)10-29-7-6-16-9-17(20-14(3)28-34-15(20)4)22(26)21(23(16)29)25(30)32/h6-9,13H,10-11H2,1-5H3,(H,27,31). The Balaban J connectivity index is 1.70. The van der Waals surface area contributed by atoms with E-state index in [4.69, 9.17) is 20.9 Å². The summed E-state index contributed by atoms with van der Waals surface area (Å²) in [7, 11) is 1.52. The molecule has 34 heavy (non-hydrogen) atoms. The number of rotatable bonds is 4. The second-order valence-electron chi connectivity index (χ2n) is 8.83. The zero-order chi connectivity index (χ0) is 24.3. The van der Waals surface area contributed by atoms with Crippen LogP contribution in [0.25, 0.3) is 22.0 Å². The molecule has 5 rings (SSSR count). The second kappa shape index (κ2) is 8.06. The lowest BCUT2D eigenvalue weighted by Gasteiger charge is -2.28. The van der Waals surface area contributed by atoms with Gasteiger partial charge in [0.15, 0.2) is 0 Å². The molecule has 0 fully saturated rings. The van der Waals surface area contributed by atoms with Crippen molar-refractivity contribution in [2.75, 3.05) is 7.11 Å². The average Bonchev–Trinajstić information content (AvgIpc) is 3.30. The van der Waals surface area contributed by atoms with E-state index in [-0.39, 0.29) is 24.1 Å². The topological polar surface area (TPSA) is 93.4 Å². The first-order valence-electron chi connectivity index (χ1n) is 11.0. The number of hydrogen-bond acceptors (Lipinski definition) is 5. The maximum Gasteiger partial charge on any atom is 0.258 e. The summed E-state index contributed by atoms with van der Waals surface area (Å²) in [4.78, 5) is 31.3. The van der Waals surface area contributed by atoms with Crippen LogP contribution in [0.3, 0.4) is 0 Å². The Morgan fingerprint density at radius 1 is 1.24 bits per heavy atom. The number of carbonyl (C=O) groups excluding carboxylic acids is 1. The second-order valence-corrected chi connectivity index (χ2v) is 9.21. The van der Waals surface area contributed by atoms with Crippen LogP contribution in [0.1, 0.15) is 40.0 Å². The smallest absolute Gasteiger partial charge is 0.258 e. The van der Waals surface area contributed by atoms with Crippen molar-refractivity contribution in [2.24, 2.45) is 0 Å². The fraction of sp³-hybridized carbons (Fsp3) is 0.320. The Labute approximate surface area is 201 Å². The summed E-state index contributed by atoms with van der Waals surface area (Å²) in [6, 6.07) is 5.53. The Bertz CT molecular complexity index is 1490. The quantitative estimate of drug-likeness (QED) is 0.460. The Kier molecular flexibility index (Phi) is 5.28. The largest absolute Gasteiger partial charge is 0.496 e. The first-order valence-corrected chi connectivity index (χ1v) is 11.4. The van der Waals surface area contributed by atoms with Crippen LogP contribution in [0.4, 0.5) is 0 Å². The van der Waals surface area contributed by atoms with Gasteiger partial charge in [0.1, 0.15) is 11.5 Å². The van der Waals surface area contributed by atoms with Crippen molar-refractivity contribution in [3.05, 3.63) is 68.0 Å². The highest BCUT2D eigenvalue weighted by Crippen LogP contribution is 2.41. The summed E-state index contributed by atoms with van der Waals surface area (Å²) in [6.45, 7) is 8.09. The molecule has 1 aliphatic heterocycles. The van der Waals surface area contributed by atoms with Crippen molar-refractivity contribution < 1.29 is 14.1 Å². The molecule has 0 aliphatic carbocycles. The van der Waals surface area contributed by atoms with Gasteiger partial charge >= 0.3 is 0 Å². The van der Waals surface area contributed by atoms with E-state index in [1.165, 1.54) is 7.11 Å².